The highest BCUT2D eigenvalue weighted by atomic mass is 16.5. The second-order valence-corrected chi connectivity index (χ2v) is 6.46. The lowest BCUT2D eigenvalue weighted by molar-refractivity contribution is 0.0977. The van der Waals surface area contributed by atoms with E-state index in [1.807, 2.05) is 24.5 Å². The van der Waals surface area contributed by atoms with E-state index in [-0.39, 0.29) is 0 Å². The summed E-state index contributed by atoms with van der Waals surface area (Å²) in [6.07, 6.45) is 3.80. The van der Waals surface area contributed by atoms with Crippen LogP contribution in [0, 0.1) is 0 Å². The molecule has 1 aromatic carbocycles. The first-order valence-corrected chi connectivity index (χ1v) is 8.78. The van der Waals surface area contributed by atoms with Crippen LogP contribution in [0.25, 0.3) is 0 Å². The Morgan fingerprint density at radius 2 is 1.80 bits per heavy atom. The molecule has 0 aliphatic carbocycles. The predicted molar refractivity (Wildman–Crippen MR) is 99.0 cm³/mol. The van der Waals surface area contributed by atoms with Gasteiger partial charge in [-0.3, -0.25) is 14.8 Å². The molecule has 1 saturated heterocycles. The highest BCUT2D eigenvalue weighted by Crippen LogP contribution is 2.28. The van der Waals surface area contributed by atoms with Crippen LogP contribution in [0.2, 0.25) is 0 Å². The molecule has 0 radical (unpaired) electrons. The van der Waals surface area contributed by atoms with Crippen molar-refractivity contribution < 1.29 is 9.47 Å². The van der Waals surface area contributed by atoms with Gasteiger partial charge in [-0.1, -0.05) is 12.1 Å². The third-order valence-electron chi connectivity index (χ3n) is 4.98. The zero-order chi connectivity index (χ0) is 17.6. The Bertz CT molecular complexity index is 670. The molecular weight excluding hydrogens is 314 g/mol. The molecule has 1 atom stereocenters. The monoisotopic (exact) mass is 341 g/mol. The largest absolute Gasteiger partial charge is 0.493 e. The molecule has 2 aromatic rings. The number of piperazine rings is 1. The quantitative estimate of drug-likeness (QED) is 0.807. The van der Waals surface area contributed by atoms with Crippen molar-refractivity contribution in [3.05, 3.63) is 53.9 Å². The Hall–Kier alpha value is -2.11. The van der Waals surface area contributed by atoms with Crippen molar-refractivity contribution in [3.63, 3.8) is 0 Å². The second-order valence-electron chi connectivity index (χ2n) is 6.46. The number of benzene rings is 1. The lowest BCUT2D eigenvalue weighted by Gasteiger charge is -2.38. The number of nitrogens with zero attached hydrogens (tertiary/aromatic N) is 3. The molecule has 5 heteroatoms. The van der Waals surface area contributed by atoms with E-state index in [9.17, 15) is 0 Å². The molecule has 1 aliphatic heterocycles. The Kier molecular flexibility index (Phi) is 5.89. The van der Waals surface area contributed by atoms with Gasteiger partial charge in [0.2, 0.25) is 0 Å². The first-order valence-electron chi connectivity index (χ1n) is 8.78. The molecule has 5 nitrogen and oxygen atoms in total. The summed E-state index contributed by atoms with van der Waals surface area (Å²) in [5.74, 6) is 1.57. The van der Waals surface area contributed by atoms with Gasteiger partial charge < -0.3 is 9.47 Å². The summed E-state index contributed by atoms with van der Waals surface area (Å²) in [6.45, 7) is 7.49. The van der Waals surface area contributed by atoms with Crippen LogP contribution in [0.4, 0.5) is 0 Å². The van der Waals surface area contributed by atoms with E-state index in [1.165, 1.54) is 11.1 Å². The van der Waals surface area contributed by atoms with E-state index < -0.39 is 0 Å². The summed E-state index contributed by atoms with van der Waals surface area (Å²) in [6, 6.07) is 10.8. The van der Waals surface area contributed by atoms with Crippen molar-refractivity contribution in [3.8, 4) is 11.5 Å². The number of methoxy groups -OCH3 is 2. The van der Waals surface area contributed by atoms with Crippen LogP contribution in [0.5, 0.6) is 11.5 Å². The predicted octanol–water partition coefficient (Wildman–Crippen LogP) is 2.98. The van der Waals surface area contributed by atoms with Gasteiger partial charge in [0, 0.05) is 51.2 Å². The number of hydrogen-bond donors (Lipinski definition) is 0. The number of rotatable bonds is 6. The van der Waals surface area contributed by atoms with E-state index in [2.05, 4.69) is 39.9 Å². The molecule has 3 rings (SSSR count). The summed E-state index contributed by atoms with van der Waals surface area (Å²) in [4.78, 5) is 9.27. The number of aromatic nitrogens is 1. The van der Waals surface area contributed by atoms with E-state index in [0.29, 0.717) is 6.04 Å². The molecule has 1 aliphatic rings. The van der Waals surface area contributed by atoms with Crippen LogP contribution < -0.4 is 9.47 Å². The maximum atomic E-state index is 5.41. The zero-order valence-corrected chi connectivity index (χ0v) is 15.3. The molecule has 0 saturated carbocycles. The second kappa shape index (κ2) is 8.32. The Labute approximate surface area is 150 Å². The molecule has 1 fully saturated rings. The van der Waals surface area contributed by atoms with Crippen LogP contribution in [-0.2, 0) is 6.54 Å². The van der Waals surface area contributed by atoms with Crippen molar-refractivity contribution in [1.82, 2.24) is 14.8 Å². The lowest BCUT2D eigenvalue weighted by Crippen LogP contribution is -2.46. The number of pyridine rings is 1. The third-order valence-corrected chi connectivity index (χ3v) is 4.98. The molecule has 0 N–H and O–H groups in total. The molecule has 2 heterocycles. The van der Waals surface area contributed by atoms with Crippen molar-refractivity contribution in [2.75, 3.05) is 40.4 Å². The van der Waals surface area contributed by atoms with Crippen LogP contribution in [0.3, 0.4) is 0 Å². The molecule has 134 valence electrons. The topological polar surface area (TPSA) is 37.8 Å². The fourth-order valence-electron chi connectivity index (χ4n) is 3.38. The van der Waals surface area contributed by atoms with Gasteiger partial charge in [-0.05, 0) is 36.2 Å². The molecule has 0 bridgehead atoms. The first kappa shape index (κ1) is 17.7. The normalized spacial score (nSPS) is 17.2. The Morgan fingerprint density at radius 1 is 1.04 bits per heavy atom. The van der Waals surface area contributed by atoms with Gasteiger partial charge in [-0.15, -0.1) is 0 Å². The van der Waals surface area contributed by atoms with Crippen LogP contribution in [-0.4, -0.2) is 55.2 Å². The average molecular weight is 341 g/mol. The fraction of sp³-hybridized carbons (Fsp3) is 0.450. The van der Waals surface area contributed by atoms with E-state index in [4.69, 9.17) is 9.47 Å². The maximum absolute atomic E-state index is 5.41. The average Bonchev–Trinajstić information content (AvgIpc) is 2.68. The van der Waals surface area contributed by atoms with Crippen LogP contribution in [0.15, 0.2) is 42.7 Å². The fourth-order valence-corrected chi connectivity index (χ4v) is 3.38. The summed E-state index contributed by atoms with van der Waals surface area (Å²) in [5, 5.41) is 0. The van der Waals surface area contributed by atoms with E-state index >= 15 is 0 Å². The summed E-state index contributed by atoms with van der Waals surface area (Å²) in [7, 11) is 3.35. The maximum Gasteiger partial charge on any atom is 0.161 e. The smallest absolute Gasteiger partial charge is 0.161 e. The molecular formula is C20H27N3O2. The van der Waals surface area contributed by atoms with E-state index in [0.717, 1.165) is 44.2 Å². The van der Waals surface area contributed by atoms with Gasteiger partial charge in [0.15, 0.2) is 11.5 Å². The van der Waals surface area contributed by atoms with Crippen molar-refractivity contribution in [2.24, 2.45) is 0 Å². The minimum absolute atomic E-state index is 0.414. The molecule has 25 heavy (non-hydrogen) atoms. The summed E-state index contributed by atoms with van der Waals surface area (Å²) < 4.78 is 10.7. The standard InChI is InChI=1S/C20H27N3O2/c1-16(18-5-4-8-21-14-18)23-11-9-22(10-12-23)15-17-6-7-19(24-2)20(13-17)25-3/h4-8,13-14,16H,9-12,15H2,1-3H3/t16-/m1/s1. The Morgan fingerprint density at radius 3 is 2.44 bits per heavy atom. The summed E-state index contributed by atoms with van der Waals surface area (Å²) >= 11 is 0. The van der Waals surface area contributed by atoms with Crippen molar-refractivity contribution in [1.29, 1.82) is 0 Å². The van der Waals surface area contributed by atoms with Gasteiger partial charge in [0.1, 0.15) is 0 Å². The highest BCUT2D eigenvalue weighted by Gasteiger charge is 2.22. The Balaban J connectivity index is 1.56. The highest BCUT2D eigenvalue weighted by molar-refractivity contribution is 5.42. The molecule has 0 spiro atoms. The molecule has 0 unspecified atom stereocenters. The van der Waals surface area contributed by atoms with Crippen LogP contribution >= 0.6 is 0 Å². The van der Waals surface area contributed by atoms with Crippen LogP contribution in [0.1, 0.15) is 24.1 Å². The number of ether oxygens (including phenoxy) is 2. The minimum atomic E-state index is 0.414. The SMILES string of the molecule is COc1ccc(CN2CCN([C@H](C)c3cccnc3)CC2)cc1OC. The van der Waals surface area contributed by atoms with Gasteiger partial charge in [0.05, 0.1) is 14.2 Å². The van der Waals surface area contributed by atoms with Gasteiger partial charge in [0.25, 0.3) is 0 Å². The first-order chi connectivity index (χ1) is 12.2. The lowest BCUT2D eigenvalue weighted by atomic mass is 10.1. The van der Waals surface area contributed by atoms with Crippen molar-refractivity contribution in [2.45, 2.75) is 19.5 Å². The van der Waals surface area contributed by atoms with Crippen molar-refractivity contribution >= 4 is 0 Å². The third kappa shape index (κ3) is 4.30. The van der Waals surface area contributed by atoms with Gasteiger partial charge >= 0.3 is 0 Å². The number of hydrogen-bond acceptors (Lipinski definition) is 5. The molecule has 1 aromatic heterocycles. The minimum Gasteiger partial charge on any atom is -0.493 e. The van der Waals surface area contributed by atoms with E-state index in [1.54, 1.807) is 14.2 Å². The van der Waals surface area contributed by atoms with Gasteiger partial charge in [-0.25, -0.2) is 0 Å². The van der Waals surface area contributed by atoms with Gasteiger partial charge in [-0.2, -0.15) is 0 Å². The molecule has 0 amide bonds. The summed E-state index contributed by atoms with van der Waals surface area (Å²) in [5.41, 5.74) is 2.54. The zero-order valence-electron chi connectivity index (χ0n) is 15.3.